The summed E-state index contributed by atoms with van der Waals surface area (Å²) in [6.45, 7) is 4.07. The van der Waals surface area contributed by atoms with E-state index in [1.807, 2.05) is 35.7 Å². The molecule has 0 aliphatic carbocycles. The molecule has 24 heavy (non-hydrogen) atoms. The van der Waals surface area contributed by atoms with Gasteiger partial charge in [0.15, 0.2) is 5.17 Å². The molecule has 0 amide bonds. The van der Waals surface area contributed by atoms with Crippen molar-refractivity contribution in [3.8, 4) is 11.1 Å². The molecule has 0 radical (unpaired) electrons. The third-order valence-electron chi connectivity index (χ3n) is 3.31. The number of nitrogens with zero attached hydrogens (tertiary/aromatic N) is 2. The summed E-state index contributed by atoms with van der Waals surface area (Å²) in [5.41, 5.74) is 7.58. The Hall–Kier alpha value is -2.38. The normalized spacial score (nSPS) is 11.8. The summed E-state index contributed by atoms with van der Waals surface area (Å²) in [6.07, 6.45) is 1.68. The summed E-state index contributed by atoms with van der Waals surface area (Å²) in [7, 11) is 0. The van der Waals surface area contributed by atoms with E-state index in [1.54, 1.807) is 6.08 Å². The van der Waals surface area contributed by atoms with Crippen LogP contribution < -0.4 is 11.3 Å². The molecule has 0 aliphatic rings. The highest BCUT2D eigenvalue weighted by molar-refractivity contribution is 8.13. The Kier molecular flexibility index (Phi) is 5.12. The second-order valence-corrected chi connectivity index (χ2v) is 6.82. The lowest BCUT2D eigenvalue weighted by molar-refractivity contribution is 1.05. The number of aliphatic imine (C=N–C) groups is 1. The number of benzene rings is 1. The molecular weight excluding hydrogens is 340 g/mol. The van der Waals surface area contributed by atoms with Crippen molar-refractivity contribution < 1.29 is 0 Å². The highest BCUT2D eigenvalue weighted by Crippen LogP contribution is 2.30. The molecule has 0 atom stereocenters. The quantitative estimate of drug-likeness (QED) is 0.417. The van der Waals surface area contributed by atoms with Crippen LogP contribution in [0.3, 0.4) is 0 Å². The maximum absolute atomic E-state index is 12.5. The van der Waals surface area contributed by atoms with E-state index in [1.165, 1.54) is 23.1 Å². The molecule has 2 aromatic heterocycles. The first kappa shape index (κ1) is 16.5. The summed E-state index contributed by atoms with van der Waals surface area (Å²) in [6, 6.07) is 9.84. The Morgan fingerprint density at radius 2 is 2.21 bits per heavy atom. The minimum atomic E-state index is -0.127. The average Bonchev–Trinajstić information content (AvgIpc) is 3.03. The van der Waals surface area contributed by atoms with Crippen LogP contribution >= 0.6 is 23.1 Å². The fourth-order valence-corrected chi connectivity index (χ4v) is 3.79. The number of nitrogens with one attached hydrogen (secondary N) is 1. The number of nitrogens with two attached hydrogens (primary N) is 1. The Balaban J connectivity index is 1.90. The van der Waals surface area contributed by atoms with Crippen LogP contribution in [-0.2, 0) is 5.75 Å². The molecule has 0 saturated carbocycles. The first-order valence-corrected chi connectivity index (χ1v) is 9.15. The van der Waals surface area contributed by atoms with Gasteiger partial charge < -0.3 is 10.7 Å². The second kappa shape index (κ2) is 7.46. The lowest BCUT2D eigenvalue weighted by atomic mass is 10.1. The predicted molar refractivity (Wildman–Crippen MR) is 104 cm³/mol. The summed E-state index contributed by atoms with van der Waals surface area (Å²) in [5, 5.41) is 3.06. The molecule has 0 fully saturated rings. The number of thioether (sulfide) groups is 1. The van der Waals surface area contributed by atoms with Gasteiger partial charge in [0.1, 0.15) is 10.7 Å². The smallest absolute Gasteiger partial charge is 0.260 e. The number of thiophene rings is 1. The highest BCUT2D eigenvalue weighted by atomic mass is 32.2. The second-order valence-electron chi connectivity index (χ2n) is 4.96. The maximum Gasteiger partial charge on any atom is 0.260 e. The molecule has 3 aromatic rings. The lowest BCUT2D eigenvalue weighted by Gasteiger charge is -2.02. The number of aromatic nitrogens is 2. The van der Waals surface area contributed by atoms with E-state index < -0.39 is 0 Å². The van der Waals surface area contributed by atoms with Gasteiger partial charge in [-0.15, -0.1) is 17.9 Å². The van der Waals surface area contributed by atoms with Crippen molar-refractivity contribution in [3.63, 3.8) is 0 Å². The molecule has 3 N–H and O–H groups in total. The molecular formula is C17H16N4OS2. The zero-order valence-electron chi connectivity index (χ0n) is 12.9. The van der Waals surface area contributed by atoms with Crippen LogP contribution in [0.1, 0.15) is 5.82 Å². The van der Waals surface area contributed by atoms with Crippen LogP contribution in [0, 0.1) is 0 Å². The minimum Gasteiger partial charge on any atom is -0.379 e. The van der Waals surface area contributed by atoms with Crippen molar-refractivity contribution in [1.29, 1.82) is 0 Å². The van der Waals surface area contributed by atoms with Gasteiger partial charge in [0.25, 0.3) is 5.56 Å². The van der Waals surface area contributed by atoms with Crippen molar-refractivity contribution in [2.75, 3.05) is 6.54 Å². The van der Waals surface area contributed by atoms with E-state index in [2.05, 4.69) is 21.5 Å². The van der Waals surface area contributed by atoms with Crippen molar-refractivity contribution in [3.05, 3.63) is 64.5 Å². The summed E-state index contributed by atoms with van der Waals surface area (Å²) >= 11 is 2.81. The molecule has 1 aromatic carbocycles. The van der Waals surface area contributed by atoms with Crippen molar-refractivity contribution >= 4 is 38.5 Å². The Bertz CT molecular complexity index is 944. The highest BCUT2D eigenvalue weighted by Gasteiger charge is 2.13. The number of rotatable bonds is 5. The Morgan fingerprint density at radius 1 is 1.42 bits per heavy atom. The van der Waals surface area contributed by atoms with E-state index in [0.29, 0.717) is 28.7 Å². The van der Waals surface area contributed by atoms with E-state index in [4.69, 9.17) is 5.73 Å². The number of hydrogen-bond acceptors (Lipinski definition) is 5. The zero-order chi connectivity index (χ0) is 16.9. The van der Waals surface area contributed by atoms with Crippen molar-refractivity contribution in [1.82, 2.24) is 9.97 Å². The van der Waals surface area contributed by atoms with Crippen LogP contribution in [0.15, 0.2) is 58.2 Å². The summed E-state index contributed by atoms with van der Waals surface area (Å²) in [4.78, 5) is 24.7. The summed E-state index contributed by atoms with van der Waals surface area (Å²) < 4.78 is 0. The molecule has 2 heterocycles. The molecule has 5 nitrogen and oxygen atoms in total. The van der Waals surface area contributed by atoms with Gasteiger partial charge in [-0.1, -0.05) is 48.2 Å². The molecule has 0 saturated heterocycles. The first-order valence-electron chi connectivity index (χ1n) is 7.28. The van der Waals surface area contributed by atoms with Crippen LogP contribution in [-0.4, -0.2) is 21.7 Å². The molecule has 0 spiro atoms. The number of amidine groups is 1. The van der Waals surface area contributed by atoms with Crippen LogP contribution in [0.2, 0.25) is 0 Å². The molecule has 122 valence electrons. The fraction of sp³-hybridized carbons (Fsp3) is 0.118. The van der Waals surface area contributed by atoms with Gasteiger partial charge in [-0.3, -0.25) is 9.79 Å². The molecule has 0 aliphatic heterocycles. The maximum atomic E-state index is 12.5. The number of hydrogen-bond donors (Lipinski definition) is 2. The molecule has 0 unspecified atom stereocenters. The van der Waals surface area contributed by atoms with Gasteiger partial charge in [-0.05, 0) is 5.56 Å². The van der Waals surface area contributed by atoms with E-state index >= 15 is 0 Å². The van der Waals surface area contributed by atoms with Gasteiger partial charge in [-0.25, -0.2) is 4.98 Å². The third-order valence-corrected chi connectivity index (χ3v) is 5.03. The Morgan fingerprint density at radius 3 is 2.96 bits per heavy atom. The van der Waals surface area contributed by atoms with Crippen molar-refractivity contribution in [2.24, 2.45) is 10.7 Å². The van der Waals surface area contributed by atoms with Crippen LogP contribution in [0.5, 0.6) is 0 Å². The van der Waals surface area contributed by atoms with Crippen LogP contribution in [0.25, 0.3) is 21.3 Å². The summed E-state index contributed by atoms with van der Waals surface area (Å²) in [5.74, 6) is 1.06. The van der Waals surface area contributed by atoms with Crippen LogP contribution in [0.4, 0.5) is 0 Å². The zero-order valence-corrected chi connectivity index (χ0v) is 14.5. The standard InChI is InChI=1S/C17H16N4OS2/c1-2-8-19-17(18)24-10-13-20-15(22)14-12(9-23-16(14)21-13)11-6-4-3-5-7-11/h2-7,9H,1,8,10H2,(H2,18,19)(H,20,21,22). The van der Waals surface area contributed by atoms with Gasteiger partial charge in [0, 0.05) is 10.9 Å². The van der Waals surface area contributed by atoms with Gasteiger partial charge in [0.2, 0.25) is 0 Å². The Labute approximate surface area is 147 Å². The molecule has 0 bridgehead atoms. The fourth-order valence-electron chi connectivity index (χ4n) is 2.23. The van der Waals surface area contributed by atoms with E-state index in [0.717, 1.165) is 16.0 Å². The number of aromatic amines is 1. The van der Waals surface area contributed by atoms with E-state index in [9.17, 15) is 4.79 Å². The number of fused-ring (bicyclic) bond motifs is 1. The van der Waals surface area contributed by atoms with Gasteiger partial charge in [-0.2, -0.15) is 0 Å². The minimum absolute atomic E-state index is 0.127. The SMILES string of the molecule is C=CCN=C(N)SCc1nc2scc(-c3ccccc3)c2c(=O)[nH]1. The predicted octanol–water partition coefficient (Wildman–Crippen LogP) is 3.39. The largest absolute Gasteiger partial charge is 0.379 e. The van der Waals surface area contributed by atoms with Gasteiger partial charge in [0.05, 0.1) is 17.7 Å². The monoisotopic (exact) mass is 356 g/mol. The average molecular weight is 356 g/mol. The van der Waals surface area contributed by atoms with Gasteiger partial charge >= 0.3 is 0 Å². The molecule has 3 rings (SSSR count). The van der Waals surface area contributed by atoms with Crippen molar-refractivity contribution in [2.45, 2.75) is 5.75 Å². The lowest BCUT2D eigenvalue weighted by Crippen LogP contribution is -2.13. The first-order chi connectivity index (χ1) is 11.7. The number of H-pyrrole nitrogens is 1. The topological polar surface area (TPSA) is 84.1 Å². The molecule has 7 heteroatoms. The third kappa shape index (κ3) is 3.58. The van der Waals surface area contributed by atoms with E-state index in [-0.39, 0.29) is 5.56 Å².